The molecule has 0 amide bonds. The van der Waals surface area contributed by atoms with Gasteiger partial charge in [-0.1, -0.05) is 89.0 Å². The zero-order valence-electron chi connectivity index (χ0n) is 22.2. The molecule has 0 saturated carbocycles. The standard InChI is InChI=1S/C27H54NO4P/c1-5-6-7-8-9-10-11-12-13-14-15-16-17-18-19-20-21-22-23-24-25-27(29,33(30,31)32)26-28(2,3)4/h16-17,20-21,29H,5-15,18-19,22-26H2,1-4H3,(H-,30,31,32)/p+1/b17-16-,21-20-. The molecule has 0 aliphatic rings. The fraction of sp³-hybridized carbons (Fsp3) is 0.852. The van der Waals surface area contributed by atoms with Crippen molar-refractivity contribution in [3.63, 3.8) is 0 Å². The predicted octanol–water partition coefficient (Wildman–Crippen LogP) is 7.32. The Labute approximate surface area is 205 Å². The average molecular weight is 489 g/mol. The first kappa shape index (κ1) is 32.5. The molecule has 6 heteroatoms. The van der Waals surface area contributed by atoms with E-state index >= 15 is 0 Å². The van der Waals surface area contributed by atoms with Gasteiger partial charge in [0.05, 0.1) is 21.1 Å². The van der Waals surface area contributed by atoms with E-state index in [9.17, 15) is 19.5 Å². The van der Waals surface area contributed by atoms with Crippen molar-refractivity contribution in [2.45, 2.75) is 121 Å². The van der Waals surface area contributed by atoms with Gasteiger partial charge in [0.1, 0.15) is 6.54 Å². The molecule has 0 aliphatic carbocycles. The topological polar surface area (TPSA) is 77.8 Å². The zero-order chi connectivity index (χ0) is 25.1. The molecular weight excluding hydrogens is 433 g/mol. The number of allylic oxidation sites excluding steroid dienone is 4. The monoisotopic (exact) mass is 488 g/mol. The summed E-state index contributed by atoms with van der Waals surface area (Å²) in [5.74, 6) is 0. The quantitative estimate of drug-likeness (QED) is 0.0645. The molecule has 3 N–H and O–H groups in total. The Morgan fingerprint density at radius 1 is 0.667 bits per heavy atom. The summed E-state index contributed by atoms with van der Waals surface area (Å²) in [6.45, 7) is 2.31. The van der Waals surface area contributed by atoms with Gasteiger partial charge in [0, 0.05) is 0 Å². The third-order valence-corrected chi connectivity index (χ3v) is 7.47. The summed E-state index contributed by atoms with van der Waals surface area (Å²) in [6, 6.07) is 0. The van der Waals surface area contributed by atoms with Crippen molar-refractivity contribution in [3.8, 4) is 0 Å². The van der Waals surface area contributed by atoms with Gasteiger partial charge in [-0.15, -0.1) is 0 Å². The molecule has 196 valence electrons. The van der Waals surface area contributed by atoms with Crippen molar-refractivity contribution in [1.29, 1.82) is 0 Å². The maximum Gasteiger partial charge on any atom is 0.362 e. The van der Waals surface area contributed by atoms with Crippen LogP contribution in [-0.4, -0.2) is 52.4 Å². The molecule has 0 aromatic carbocycles. The minimum atomic E-state index is -4.56. The van der Waals surface area contributed by atoms with Crippen LogP contribution in [0.15, 0.2) is 24.3 Å². The van der Waals surface area contributed by atoms with Gasteiger partial charge < -0.3 is 19.4 Å². The van der Waals surface area contributed by atoms with Crippen LogP contribution in [0, 0.1) is 0 Å². The van der Waals surface area contributed by atoms with Crippen molar-refractivity contribution in [2.24, 2.45) is 0 Å². The molecule has 0 aromatic rings. The maximum absolute atomic E-state index is 11.8. The highest BCUT2D eigenvalue weighted by atomic mass is 31.2. The summed E-state index contributed by atoms with van der Waals surface area (Å²) in [5, 5.41) is 8.59. The lowest BCUT2D eigenvalue weighted by Crippen LogP contribution is -2.49. The van der Waals surface area contributed by atoms with Crippen LogP contribution in [0.4, 0.5) is 0 Å². The minimum absolute atomic E-state index is 0.0403. The fourth-order valence-electron chi connectivity index (χ4n) is 4.16. The Bertz CT molecular complexity index is 565. The molecule has 1 atom stereocenters. The molecular formula is C27H55NO4P+. The highest BCUT2D eigenvalue weighted by Crippen LogP contribution is 2.52. The third-order valence-electron chi connectivity index (χ3n) is 6.03. The maximum atomic E-state index is 11.8. The molecule has 33 heavy (non-hydrogen) atoms. The van der Waals surface area contributed by atoms with Gasteiger partial charge >= 0.3 is 7.60 Å². The van der Waals surface area contributed by atoms with Crippen LogP contribution < -0.4 is 0 Å². The number of hydrogen-bond acceptors (Lipinski definition) is 2. The van der Waals surface area contributed by atoms with Crippen molar-refractivity contribution >= 4 is 7.60 Å². The minimum Gasteiger partial charge on any atom is -0.373 e. The fourth-order valence-corrected chi connectivity index (χ4v) is 5.22. The number of aliphatic hydroxyl groups is 1. The summed E-state index contributed by atoms with van der Waals surface area (Å²) < 4.78 is 12.1. The number of likely N-dealkylation sites (N-methyl/N-ethyl adjacent to an activating group) is 1. The molecule has 0 bridgehead atoms. The van der Waals surface area contributed by atoms with Crippen LogP contribution in [0.2, 0.25) is 0 Å². The number of rotatable bonds is 22. The first-order valence-electron chi connectivity index (χ1n) is 13.4. The van der Waals surface area contributed by atoms with Crippen LogP contribution >= 0.6 is 7.60 Å². The molecule has 0 fully saturated rings. The van der Waals surface area contributed by atoms with Gasteiger partial charge in [0.15, 0.2) is 0 Å². The molecule has 0 spiro atoms. The second-order valence-corrected chi connectivity index (χ2v) is 12.6. The Kier molecular flexibility index (Phi) is 18.6. The number of nitrogens with zero attached hydrogens (tertiary/aromatic N) is 1. The van der Waals surface area contributed by atoms with Gasteiger partial charge in [0.25, 0.3) is 0 Å². The van der Waals surface area contributed by atoms with Crippen molar-refractivity contribution in [2.75, 3.05) is 27.7 Å². The van der Waals surface area contributed by atoms with Crippen LogP contribution in [-0.2, 0) is 4.57 Å². The summed E-state index contributed by atoms with van der Waals surface area (Å²) in [6.07, 6.45) is 28.5. The van der Waals surface area contributed by atoms with Crippen molar-refractivity contribution in [1.82, 2.24) is 0 Å². The van der Waals surface area contributed by atoms with E-state index in [1.54, 1.807) is 0 Å². The highest BCUT2D eigenvalue weighted by molar-refractivity contribution is 7.53. The van der Waals surface area contributed by atoms with Crippen LogP contribution in [0.1, 0.15) is 116 Å². The summed E-state index contributed by atoms with van der Waals surface area (Å²) in [7, 11) is 0.921. The molecule has 0 heterocycles. The van der Waals surface area contributed by atoms with E-state index in [1.165, 1.54) is 70.6 Å². The Hall–Kier alpha value is -0.450. The largest absolute Gasteiger partial charge is 0.373 e. The van der Waals surface area contributed by atoms with E-state index < -0.39 is 12.9 Å². The van der Waals surface area contributed by atoms with Crippen molar-refractivity contribution < 1.29 is 23.9 Å². The summed E-state index contributed by atoms with van der Waals surface area (Å²) in [4.78, 5) is 19.2. The molecule has 5 nitrogen and oxygen atoms in total. The van der Waals surface area contributed by atoms with Gasteiger partial charge in [-0.05, 0) is 51.4 Å². The molecule has 0 aromatic heterocycles. The van der Waals surface area contributed by atoms with Crippen molar-refractivity contribution in [3.05, 3.63) is 24.3 Å². The van der Waals surface area contributed by atoms with Gasteiger partial charge in [-0.3, -0.25) is 4.57 Å². The SMILES string of the molecule is CCCCCCCCCCCC/C=C\CC/C=C\CCCCC(O)(C[N+](C)(C)C)P(=O)(O)O. The lowest BCUT2D eigenvalue weighted by molar-refractivity contribution is -0.875. The lowest BCUT2D eigenvalue weighted by atomic mass is 10.1. The summed E-state index contributed by atoms with van der Waals surface area (Å²) >= 11 is 0. The Balaban J connectivity index is 3.69. The van der Waals surface area contributed by atoms with E-state index in [0.29, 0.717) is 10.9 Å². The van der Waals surface area contributed by atoms with Crippen LogP contribution in [0.3, 0.4) is 0 Å². The summed E-state index contributed by atoms with van der Waals surface area (Å²) in [5.41, 5.74) is 0. The van der Waals surface area contributed by atoms with E-state index in [-0.39, 0.29) is 13.0 Å². The number of quaternary nitrogens is 1. The molecule has 0 aliphatic heterocycles. The lowest BCUT2D eigenvalue weighted by Gasteiger charge is -2.35. The second kappa shape index (κ2) is 18.8. The predicted molar refractivity (Wildman–Crippen MR) is 142 cm³/mol. The van der Waals surface area contributed by atoms with Gasteiger partial charge in [0.2, 0.25) is 5.34 Å². The smallest absolute Gasteiger partial charge is 0.362 e. The number of unbranched alkanes of at least 4 members (excludes halogenated alkanes) is 13. The molecule has 0 saturated heterocycles. The average Bonchev–Trinajstić information content (AvgIpc) is 2.70. The highest BCUT2D eigenvalue weighted by Gasteiger charge is 2.48. The molecule has 0 rings (SSSR count). The molecule has 0 radical (unpaired) electrons. The van der Waals surface area contributed by atoms with E-state index in [0.717, 1.165) is 25.7 Å². The zero-order valence-corrected chi connectivity index (χ0v) is 23.1. The first-order valence-corrected chi connectivity index (χ1v) is 15.0. The Morgan fingerprint density at radius 3 is 1.48 bits per heavy atom. The number of hydrogen-bond donors (Lipinski definition) is 3. The van der Waals surface area contributed by atoms with Gasteiger partial charge in [-0.2, -0.15) is 0 Å². The van der Waals surface area contributed by atoms with Gasteiger partial charge in [-0.25, -0.2) is 0 Å². The van der Waals surface area contributed by atoms with Crippen LogP contribution in [0.5, 0.6) is 0 Å². The van der Waals surface area contributed by atoms with E-state index in [4.69, 9.17) is 0 Å². The third kappa shape index (κ3) is 19.5. The normalized spacial score (nSPS) is 15.0. The van der Waals surface area contributed by atoms with E-state index in [2.05, 4.69) is 31.2 Å². The first-order chi connectivity index (χ1) is 15.5. The molecule has 1 unspecified atom stereocenters. The van der Waals surface area contributed by atoms with Crippen LogP contribution in [0.25, 0.3) is 0 Å². The second-order valence-electron chi connectivity index (χ2n) is 10.7. The Morgan fingerprint density at radius 2 is 1.06 bits per heavy atom. The van der Waals surface area contributed by atoms with E-state index in [1.807, 2.05) is 21.1 Å².